The Morgan fingerprint density at radius 3 is 2.76 bits per heavy atom. The molecule has 1 aromatic carbocycles. The zero-order valence-corrected chi connectivity index (χ0v) is 11.8. The molecule has 112 valence electrons. The molecule has 0 saturated carbocycles. The quantitative estimate of drug-likeness (QED) is 0.504. The minimum atomic E-state index is -0.666. The molecular formula is C15H18N2O4. The first-order valence-electron chi connectivity index (χ1n) is 6.42. The van der Waals surface area contributed by atoms with Crippen molar-refractivity contribution in [1.29, 1.82) is 0 Å². The number of ether oxygens (including phenoxy) is 1. The molecule has 0 aliphatic rings. The fourth-order valence-electron chi connectivity index (χ4n) is 1.80. The first-order chi connectivity index (χ1) is 9.95. The number of carbonyl (C=O) groups excluding carboxylic acids is 2. The summed E-state index contributed by atoms with van der Waals surface area (Å²) in [6.45, 7) is 1.92. The molecule has 6 heteroatoms. The predicted molar refractivity (Wildman–Crippen MR) is 78.0 cm³/mol. The van der Waals surface area contributed by atoms with E-state index in [2.05, 4.69) is 11.2 Å². The standard InChI is InChI=1S/C15H18N2O4/c1-3-7-21-14-9-11(15(16)20)8-13(19)12(14)5-4-6-17-10(2)18/h1,8-9,19H,4-7H2,2H3,(H2,16,20)(H,17,18). The van der Waals surface area contributed by atoms with Crippen molar-refractivity contribution in [3.63, 3.8) is 0 Å². The highest BCUT2D eigenvalue weighted by molar-refractivity contribution is 5.94. The summed E-state index contributed by atoms with van der Waals surface area (Å²) < 4.78 is 5.34. The Morgan fingerprint density at radius 1 is 1.48 bits per heavy atom. The molecule has 6 nitrogen and oxygen atoms in total. The molecule has 0 unspecified atom stereocenters. The number of amides is 2. The van der Waals surface area contributed by atoms with E-state index in [0.717, 1.165) is 0 Å². The maximum atomic E-state index is 11.2. The Balaban J connectivity index is 2.91. The van der Waals surface area contributed by atoms with Crippen LogP contribution >= 0.6 is 0 Å². The van der Waals surface area contributed by atoms with Crippen LogP contribution in [0.2, 0.25) is 0 Å². The van der Waals surface area contributed by atoms with Gasteiger partial charge in [-0.1, -0.05) is 5.92 Å². The van der Waals surface area contributed by atoms with Crippen molar-refractivity contribution in [2.75, 3.05) is 13.2 Å². The van der Waals surface area contributed by atoms with Gasteiger partial charge in [0.2, 0.25) is 11.8 Å². The predicted octanol–water partition coefficient (Wildman–Crippen LogP) is 0.572. The van der Waals surface area contributed by atoms with Crippen LogP contribution in [0, 0.1) is 12.3 Å². The van der Waals surface area contributed by atoms with Gasteiger partial charge in [-0.05, 0) is 25.0 Å². The van der Waals surface area contributed by atoms with Crippen molar-refractivity contribution >= 4 is 11.8 Å². The fourth-order valence-corrected chi connectivity index (χ4v) is 1.80. The summed E-state index contributed by atoms with van der Waals surface area (Å²) in [4.78, 5) is 22.0. The van der Waals surface area contributed by atoms with Crippen molar-refractivity contribution in [3.05, 3.63) is 23.3 Å². The van der Waals surface area contributed by atoms with Crippen LogP contribution in [0.5, 0.6) is 11.5 Å². The molecule has 0 radical (unpaired) electrons. The number of terminal acetylenes is 1. The Hall–Kier alpha value is -2.68. The van der Waals surface area contributed by atoms with Crippen LogP contribution in [-0.4, -0.2) is 30.1 Å². The number of nitrogens with two attached hydrogens (primary N) is 1. The van der Waals surface area contributed by atoms with Gasteiger partial charge >= 0.3 is 0 Å². The van der Waals surface area contributed by atoms with E-state index in [1.165, 1.54) is 19.1 Å². The van der Waals surface area contributed by atoms with E-state index < -0.39 is 5.91 Å². The Bertz CT molecular complexity index is 576. The molecule has 0 bridgehead atoms. The van der Waals surface area contributed by atoms with E-state index in [-0.39, 0.29) is 23.8 Å². The summed E-state index contributed by atoms with van der Waals surface area (Å²) in [5.74, 6) is 1.77. The van der Waals surface area contributed by atoms with Crippen LogP contribution in [0.1, 0.15) is 29.3 Å². The molecule has 21 heavy (non-hydrogen) atoms. The second-order valence-electron chi connectivity index (χ2n) is 4.42. The second-order valence-corrected chi connectivity index (χ2v) is 4.42. The molecular weight excluding hydrogens is 272 g/mol. The maximum absolute atomic E-state index is 11.2. The number of aromatic hydroxyl groups is 1. The number of phenolic OH excluding ortho intramolecular Hbond substituents is 1. The summed E-state index contributed by atoms with van der Waals surface area (Å²) >= 11 is 0. The minimum absolute atomic E-state index is 0.0142. The zero-order valence-electron chi connectivity index (χ0n) is 11.8. The number of primary amides is 1. The van der Waals surface area contributed by atoms with E-state index >= 15 is 0 Å². The summed E-state index contributed by atoms with van der Waals surface area (Å²) in [7, 11) is 0. The van der Waals surface area contributed by atoms with E-state index in [9.17, 15) is 14.7 Å². The van der Waals surface area contributed by atoms with Gasteiger partial charge in [0.15, 0.2) is 0 Å². The molecule has 0 fully saturated rings. The number of benzene rings is 1. The van der Waals surface area contributed by atoms with Gasteiger partial charge in [0.1, 0.15) is 18.1 Å². The fraction of sp³-hybridized carbons (Fsp3) is 0.333. The molecule has 0 aromatic heterocycles. The van der Waals surface area contributed by atoms with Gasteiger partial charge in [-0.15, -0.1) is 6.42 Å². The zero-order chi connectivity index (χ0) is 15.8. The monoisotopic (exact) mass is 290 g/mol. The normalized spacial score (nSPS) is 9.71. The van der Waals surface area contributed by atoms with Gasteiger partial charge in [-0.2, -0.15) is 0 Å². The summed E-state index contributed by atoms with van der Waals surface area (Å²) in [6.07, 6.45) is 6.21. The number of hydrogen-bond donors (Lipinski definition) is 3. The third-order valence-electron chi connectivity index (χ3n) is 2.76. The van der Waals surface area contributed by atoms with Crippen LogP contribution in [0.25, 0.3) is 0 Å². The van der Waals surface area contributed by atoms with Gasteiger partial charge in [0.25, 0.3) is 0 Å². The van der Waals surface area contributed by atoms with E-state index in [1.807, 2.05) is 0 Å². The molecule has 0 aliphatic heterocycles. The molecule has 2 amide bonds. The molecule has 0 saturated heterocycles. The lowest BCUT2D eigenvalue weighted by Gasteiger charge is -2.13. The van der Waals surface area contributed by atoms with Gasteiger partial charge in [0, 0.05) is 24.6 Å². The van der Waals surface area contributed by atoms with E-state index in [0.29, 0.717) is 30.7 Å². The topological polar surface area (TPSA) is 102 Å². The Morgan fingerprint density at radius 2 is 2.19 bits per heavy atom. The van der Waals surface area contributed by atoms with Crippen LogP contribution < -0.4 is 15.8 Å². The number of carbonyl (C=O) groups is 2. The van der Waals surface area contributed by atoms with Crippen molar-refractivity contribution in [2.45, 2.75) is 19.8 Å². The van der Waals surface area contributed by atoms with Crippen molar-refractivity contribution < 1.29 is 19.4 Å². The van der Waals surface area contributed by atoms with Crippen LogP contribution in [-0.2, 0) is 11.2 Å². The van der Waals surface area contributed by atoms with Gasteiger partial charge in [-0.25, -0.2) is 0 Å². The number of rotatable bonds is 7. The molecule has 1 rings (SSSR count). The lowest BCUT2D eigenvalue weighted by Crippen LogP contribution is -2.21. The van der Waals surface area contributed by atoms with Crippen molar-refractivity contribution in [3.8, 4) is 23.8 Å². The summed E-state index contributed by atoms with van der Waals surface area (Å²) in [6, 6.07) is 2.74. The van der Waals surface area contributed by atoms with Crippen molar-refractivity contribution in [2.24, 2.45) is 5.73 Å². The SMILES string of the molecule is C#CCOc1cc(C(N)=O)cc(O)c1CCCNC(C)=O. The largest absolute Gasteiger partial charge is 0.508 e. The van der Waals surface area contributed by atoms with Gasteiger partial charge in [0.05, 0.1) is 0 Å². The smallest absolute Gasteiger partial charge is 0.248 e. The first-order valence-corrected chi connectivity index (χ1v) is 6.42. The van der Waals surface area contributed by atoms with E-state index in [1.54, 1.807) is 0 Å². The molecule has 1 aromatic rings. The minimum Gasteiger partial charge on any atom is -0.508 e. The lowest BCUT2D eigenvalue weighted by molar-refractivity contribution is -0.118. The van der Waals surface area contributed by atoms with Gasteiger partial charge in [-0.3, -0.25) is 9.59 Å². The average Bonchev–Trinajstić information content (AvgIpc) is 2.42. The highest BCUT2D eigenvalue weighted by Gasteiger charge is 2.14. The summed E-state index contributed by atoms with van der Waals surface area (Å²) in [5.41, 5.74) is 5.86. The Kier molecular flexibility index (Phi) is 6.08. The average molecular weight is 290 g/mol. The number of hydrogen-bond acceptors (Lipinski definition) is 4. The van der Waals surface area contributed by atoms with Gasteiger partial charge < -0.3 is 20.9 Å². The molecule has 0 spiro atoms. The number of nitrogens with one attached hydrogen (secondary N) is 1. The highest BCUT2D eigenvalue weighted by atomic mass is 16.5. The third kappa shape index (κ3) is 5.07. The van der Waals surface area contributed by atoms with Crippen LogP contribution in [0.15, 0.2) is 12.1 Å². The Labute approximate surface area is 123 Å². The van der Waals surface area contributed by atoms with Crippen molar-refractivity contribution in [1.82, 2.24) is 5.32 Å². The molecule has 0 aliphatic carbocycles. The molecule has 0 heterocycles. The second kappa shape index (κ2) is 7.80. The maximum Gasteiger partial charge on any atom is 0.248 e. The summed E-state index contributed by atoms with van der Waals surface area (Å²) in [5, 5.41) is 12.7. The number of phenols is 1. The molecule has 0 atom stereocenters. The highest BCUT2D eigenvalue weighted by Crippen LogP contribution is 2.31. The molecule has 4 N–H and O–H groups in total. The van der Waals surface area contributed by atoms with E-state index in [4.69, 9.17) is 16.9 Å². The lowest BCUT2D eigenvalue weighted by atomic mass is 10.0. The van der Waals surface area contributed by atoms with Crippen LogP contribution in [0.3, 0.4) is 0 Å². The van der Waals surface area contributed by atoms with Crippen LogP contribution in [0.4, 0.5) is 0 Å². The first kappa shape index (κ1) is 16.4. The third-order valence-corrected chi connectivity index (χ3v) is 2.76.